The zero-order valence-corrected chi connectivity index (χ0v) is 8.01. The number of nitrogen functional groups attached to an aromatic ring is 1. The van der Waals surface area contributed by atoms with E-state index in [-0.39, 0.29) is 0 Å². The van der Waals surface area contributed by atoms with E-state index >= 15 is 0 Å². The van der Waals surface area contributed by atoms with Gasteiger partial charge >= 0.3 is 12.3 Å². The predicted molar refractivity (Wildman–Crippen MR) is 45.2 cm³/mol. The maximum atomic E-state index is 12.8. The molecule has 0 bridgehead atoms. The van der Waals surface area contributed by atoms with Crippen molar-refractivity contribution >= 4 is 5.82 Å². The summed E-state index contributed by atoms with van der Waals surface area (Å²) in [4.78, 5) is 3.30. The quantitative estimate of drug-likeness (QED) is 0.849. The summed E-state index contributed by atoms with van der Waals surface area (Å²) < 4.78 is 76.9. The number of rotatable bonds is 3. The Hall–Kier alpha value is -1.67. The van der Waals surface area contributed by atoms with Gasteiger partial charge in [0.2, 0.25) is 0 Å². The van der Waals surface area contributed by atoms with Crippen molar-refractivity contribution in [2.75, 3.05) is 5.73 Å². The first-order valence-corrected chi connectivity index (χ1v) is 4.12. The molecule has 1 atom stereocenters. The minimum Gasteiger partial charge on any atom is -0.426 e. The second-order valence-corrected chi connectivity index (χ2v) is 2.95. The fraction of sp³-hybridized carbons (Fsp3) is 0.375. The number of pyridine rings is 1. The van der Waals surface area contributed by atoms with E-state index in [9.17, 15) is 26.3 Å². The van der Waals surface area contributed by atoms with Crippen molar-refractivity contribution in [1.82, 2.24) is 4.98 Å². The van der Waals surface area contributed by atoms with Crippen LogP contribution in [-0.2, 0) is 0 Å². The van der Waals surface area contributed by atoms with Gasteiger partial charge in [-0.2, -0.15) is 22.0 Å². The molecule has 0 spiro atoms. The Morgan fingerprint density at radius 1 is 1.24 bits per heavy atom. The Bertz CT molecular complexity index is 394. The minimum absolute atomic E-state index is 0.568. The maximum absolute atomic E-state index is 12.8. The van der Waals surface area contributed by atoms with Crippen molar-refractivity contribution in [2.45, 2.75) is 18.5 Å². The van der Waals surface area contributed by atoms with Crippen LogP contribution in [0, 0.1) is 0 Å². The van der Waals surface area contributed by atoms with Crippen molar-refractivity contribution in [3.8, 4) is 5.75 Å². The zero-order valence-electron chi connectivity index (χ0n) is 8.01. The van der Waals surface area contributed by atoms with Gasteiger partial charge in [-0.05, 0) is 12.1 Å². The molecule has 0 saturated heterocycles. The van der Waals surface area contributed by atoms with Crippen molar-refractivity contribution in [3.63, 3.8) is 0 Å². The van der Waals surface area contributed by atoms with Crippen molar-refractivity contribution in [2.24, 2.45) is 0 Å². The standard InChI is InChI=1S/C8H6F6N2O/c9-6(7(10,11)12)8(13,14)17-4-2-1-3-16-5(4)15/h1-3,6H,(H2,15,16). The molecule has 1 rings (SSSR count). The lowest BCUT2D eigenvalue weighted by molar-refractivity contribution is -0.304. The molecule has 0 aliphatic heterocycles. The molecule has 0 amide bonds. The first-order chi connectivity index (χ1) is 7.64. The SMILES string of the molecule is Nc1ncccc1OC(F)(F)C(F)C(F)(F)F. The molecule has 0 aromatic carbocycles. The van der Waals surface area contributed by atoms with Crippen LogP contribution in [0.5, 0.6) is 5.75 Å². The highest BCUT2D eigenvalue weighted by Crippen LogP contribution is 2.37. The number of aromatic nitrogens is 1. The molecule has 0 fully saturated rings. The van der Waals surface area contributed by atoms with E-state index in [1.54, 1.807) is 0 Å². The fourth-order valence-corrected chi connectivity index (χ4v) is 0.878. The maximum Gasteiger partial charge on any atom is 0.439 e. The number of anilines is 1. The third kappa shape index (κ3) is 3.14. The van der Waals surface area contributed by atoms with E-state index in [2.05, 4.69) is 9.72 Å². The predicted octanol–water partition coefficient (Wildman–Crippen LogP) is 2.54. The first kappa shape index (κ1) is 13.4. The topological polar surface area (TPSA) is 48.1 Å². The van der Waals surface area contributed by atoms with Crippen LogP contribution in [0.15, 0.2) is 18.3 Å². The fourth-order valence-electron chi connectivity index (χ4n) is 0.878. The summed E-state index contributed by atoms with van der Waals surface area (Å²) in [6.07, 6.45) is -14.2. The van der Waals surface area contributed by atoms with Gasteiger partial charge in [0.25, 0.3) is 6.17 Å². The Morgan fingerprint density at radius 3 is 2.29 bits per heavy atom. The lowest BCUT2D eigenvalue weighted by atomic mass is 10.3. The second kappa shape index (κ2) is 4.30. The molecular weight excluding hydrogens is 254 g/mol. The van der Waals surface area contributed by atoms with E-state index in [1.807, 2.05) is 0 Å². The number of nitrogens with two attached hydrogens (primary N) is 1. The number of halogens is 6. The largest absolute Gasteiger partial charge is 0.439 e. The number of hydrogen-bond acceptors (Lipinski definition) is 3. The summed E-state index contributed by atoms with van der Waals surface area (Å²) in [5, 5.41) is 0. The van der Waals surface area contributed by atoms with Crippen LogP contribution < -0.4 is 10.5 Å². The van der Waals surface area contributed by atoms with E-state index in [0.717, 1.165) is 18.3 Å². The van der Waals surface area contributed by atoms with Gasteiger partial charge in [-0.25, -0.2) is 9.37 Å². The van der Waals surface area contributed by atoms with Crippen LogP contribution >= 0.6 is 0 Å². The monoisotopic (exact) mass is 260 g/mol. The summed E-state index contributed by atoms with van der Waals surface area (Å²) in [5.74, 6) is -1.40. The van der Waals surface area contributed by atoms with Gasteiger partial charge in [0.05, 0.1) is 0 Å². The molecule has 1 aromatic heterocycles. The molecule has 1 heterocycles. The summed E-state index contributed by atoms with van der Waals surface area (Å²) in [6.45, 7) is 0. The van der Waals surface area contributed by atoms with Crippen LogP contribution in [0.3, 0.4) is 0 Å². The van der Waals surface area contributed by atoms with Gasteiger partial charge < -0.3 is 10.5 Å². The lowest BCUT2D eigenvalue weighted by Crippen LogP contribution is -2.45. The minimum atomic E-state index is -5.74. The average Bonchev–Trinajstić information content (AvgIpc) is 2.19. The summed E-state index contributed by atoms with van der Waals surface area (Å²) >= 11 is 0. The molecular formula is C8H6F6N2O. The summed E-state index contributed by atoms with van der Waals surface area (Å²) in [7, 11) is 0. The average molecular weight is 260 g/mol. The zero-order chi connectivity index (χ0) is 13.3. The van der Waals surface area contributed by atoms with Crippen molar-refractivity contribution in [3.05, 3.63) is 18.3 Å². The number of alkyl halides is 6. The summed E-state index contributed by atoms with van der Waals surface area (Å²) in [5.41, 5.74) is 5.06. The van der Waals surface area contributed by atoms with Gasteiger partial charge in [-0.1, -0.05) is 0 Å². The Kier molecular flexibility index (Phi) is 3.39. The smallest absolute Gasteiger partial charge is 0.426 e. The molecule has 1 aromatic rings. The van der Waals surface area contributed by atoms with E-state index in [4.69, 9.17) is 5.73 Å². The molecule has 96 valence electrons. The van der Waals surface area contributed by atoms with Crippen LogP contribution in [0.2, 0.25) is 0 Å². The highest BCUT2D eigenvalue weighted by molar-refractivity contribution is 5.44. The third-order valence-electron chi connectivity index (χ3n) is 1.63. The van der Waals surface area contributed by atoms with E-state index in [0.29, 0.717) is 0 Å². The number of hydrogen-bond donors (Lipinski definition) is 1. The van der Waals surface area contributed by atoms with E-state index < -0.39 is 30.0 Å². The Balaban J connectivity index is 2.90. The highest BCUT2D eigenvalue weighted by Gasteiger charge is 2.59. The van der Waals surface area contributed by atoms with Crippen LogP contribution in [0.1, 0.15) is 0 Å². The normalized spacial score (nSPS) is 14.5. The second-order valence-electron chi connectivity index (χ2n) is 2.95. The molecule has 9 heteroatoms. The van der Waals surface area contributed by atoms with Gasteiger partial charge in [0.1, 0.15) is 0 Å². The Labute approximate surface area is 91.2 Å². The number of nitrogens with zero attached hydrogens (tertiary/aromatic N) is 1. The van der Waals surface area contributed by atoms with Gasteiger partial charge in [0.15, 0.2) is 11.6 Å². The van der Waals surface area contributed by atoms with Crippen LogP contribution in [0.4, 0.5) is 32.2 Å². The van der Waals surface area contributed by atoms with Gasteiger partial charge in [-0.15, -0.1) is 0 Å². The third-order valence-corrected chi connectivity index (χ3v) is 1.63. The lowest BCUT2D eigenvalue weighted by Gasteiger charge is -2.23. The molecule has 1 unspecified atom stereocenters. The molecule has 2 N–H and O–H groups in total. The highest BCUT2D eigenvalue weighted by atomic mass is 19.4. The van der Waals surface area contributed by atoms with Crippen molar-refractivity contribution in [1.29, 1.82) is 0 Å². The molecule has 17 heavy (non-hydrogen) atoms. The first-order valence-electron chi connectivity index (χ1n) is 4.12. The molecule has 3 nitrogen and oxygen atoms in total. The van der Waals surface area contributed by atoms with Crippen molar-refractivity contribution < 1.29 is 31.1 Å². The molecule has 0 saturated carbocycles. The van der Waals surface area contributed by atoms with Crippen LogP contribution in [-0.4, -0.2) is 23.4 Å². The molecule has 0 radical (unpaired) electrons. The molecule has 0 aliphatic rings. The number of ether oxygens (including phenoxy) is 1. The van der Waals surface area contributed by atoms with Gasteiger partial charge in [-0.3, -0.25) is 0 Å². The summed E-state index contributed by atoms with van der Waals surface area (Å²) in [6, 6.07) is 1.95. The molecule has 0 aliphatic carbocycles. The van der Waals surface area contributed by atoms with Gasteiger partial charge in [0, 0.05) is 6.20 Å². The Morgan fingerprint density at radius 2 is 1.82 bits per heavy atom. The van der Waals surface area contributed by atoms with Crippen LogP contribution in [0.25, 0.3) is 0 Å². The van der Waals surface area contributed by atoms with E-state index in [1.165, 1.54) is 0 Å².